The average Bonchev–Trinajstić information content (AvgIpc) is 2.67. The van der Waals surface area contributed by atoms with E-state index in [2.05, 4.69) is 28.3 Å². The molecular formula is C11H15N5. The van der Waals surface area contributed by atoms with Gasteiger partial charge in [0.2, 0.25) is 0 Å². The standard InChI is InChI=1S/C11H15N5/c1-16-3-2-10(7-16)15-11-8(5-12)4-9(13)6-14-11/h4,6,10H,2-3,7,13H2,1H3,(H,14,15). The maximum atomic E-state index is 8.97. The Bertz CT molecular complexity index is 423. The van der Waals surface area contributed by atoms with Crippen LogP contribution in [0.3, 0.4) is 0 Å². The number of aromatic nitrogens is 1. The Balaban J connectivity index is 2.12. The number of nitrogens with one attached hydrogen (secondary N) is 1. The first kappa shape index (κ1) is 10.7. The van der Waals surface area contributed by atoms with E-state index in [9.17, 15) is 0 Å². The van der Waals surface area contributed by atoms with Crippen molar-refractivity contribution in [2.45, 2.75) is 12.5 Å². The zero-order chi connectivity index (χ0) is 11.5. The van der Waals surface area contributed by atoms with Crippen LogP contribution in [0.25, 0.3) is 0 Å². The summed E-state index contributed by atoms with van der Waals surface area (Å²) < 4.78 is 0. The van der Waals surface area contributed by atoms with Gasteiger partial charge < -0.3 is 16.0 Å². The highest BCUT2D eigenvalue weighted by atomic mass is 15.2. The van der Waals surface area contributed by atoms with E-state index in [1.807, 2.05) is 0 Å². The Morgan fingerprint density at radius 3 is 3.12 bits per heavy atom. The molecule has 0 amide bonds. The predicted molar refractivity (Wildman–Crippen MR) is 62.9 cm³/mol. The van der Waals surface area contributed by atoms with Gasteiger partial charge in [0.25, 0.3) is 0 Å². The number of likely N-dealkylation sites (tertiary alicyclic amines) is 1. The lowest BCUT2D eigenvalue weighted by molar-refractivity contribution is 0.414. The molecule has 5 nitrogen and oxygen atoms in total. The van der Waals surface area contributed by atoms with E-state index >= 15 is 0 Å². The van der Waals surface area contributed by atoms with E-state index in [0.29, 0.717) is 23.1 Å². The number of nitriles is 1. The fourth-order valence-electron chi connectivity index (χ4n) is 1.93. The minimum absolute atomic E-state index is 0.369. The Labute approximate surface area is 94.9 Å². The van der Waals surface area contributed by atoms with Crippen LogP contribution in [-0.2, 0) is 0 Å². The zero-order valence-corrected chi connectivity index (χ0v) is 9.27. The smallest absolute Gasteiger partial charge is 0.144 e. The number of nitrogens with two attached hydrogens (primary N) is 1. The molecule has 1 fully saturated rings. The van der Waals surface area contributed by atoms with Crippen LogP contribution in [0.1, 0.15) is 12.0 Å². The molecule has 0 aliphatic carbocycles. The number of nitrogen functional groups attached to an aromatic ring is 1. The van der Waals surface area contributed by atoms with E-state index in [1.54, 1.807) is 12.3 Å². The van der Waals surface area contributed by atoms with Gasteiger partial charge in [-0.25, -0.2) is 4.98 Å². The van der Waals surface area contributed by atoms with Crippen LogP contribution in [0.5, 0.6) is 0 Å². The zero-order valence-electron chi connectivity index (χ0n) is 9.27. The number of anilines is 2. The Kier molecular flexibility index (Phi) is 2.93. The van der Waals surface area contributed by atoms with Crippen molar-refractivity contribution in [1.82, 2.24) is 9.88 Å². The molecule has 0 bridgehead atoms. The van der Waals surface area contributed by atoms with Gasteiger partial charge >= 0.3 is 0 Å². The maximum Gasteiger partial charge on any atom is 0.144 e. The average molecular weight is 217 g/mol. The maximum absolute atomic E-state index is 8.97. The van der Waals surface area contributed by atoms with Crippen molar-refractivity contribution in [3.8, 4) is 6.07 Å². The lowest BCUT2D eigenvalue weighted by atomic mass is 10.2. The lowest BCUT2D eigenvalue weighted by Gasteiger charge is -2.14. The summed E-state index contributed by atoms with van der Waals surface area (Å²) in [7, 11) is 2.09. The molecule has 5 heteroatoms. The van der Waals surface area contributed by atoms with Crippen LogP contribution in [0.2, 0.25) is 0 Å². The lowest BCUT2D eigenvalue weighted by Crippen LogP contribution is -2.24. The van der Waals surface area contributed by atoms with Gasteiger partial charge in [-0.3, -0.25) is 0 Å². The van der Waals surface area contributed by atoms with Gasteiger partial charge in [-0.2, -0.15) is 5.26 Å². The van der Waals surface area contributed by atoms with Gasteiger partial charge in [-0.05, 0) is 26.1 Å². The molecule has 0 spiro atoms. The summed E-state index contributed by atoms with van der Waals surface area (Å²) in [6, 6.07) is 4.12. The second kappa shape index (κ2) is 4.37. The molecule has 2 rings (SSSR count). The monoisotopic (exact) mass is 217 g/mol. The van der Waals surface area contributed by atoms with Crippen LogP contribution in [0.15, 0.2) is 12.3 Å². The van der Waals surface area contributed by atoms with Crippen molar-refractivity contribution in [2.75, 3.05) is 31.2 Å². The minimum Gasteiger partial charge on any atom is -0.397 e. The van der Waals surface area contributed by atoms with Gasteiger partial charge in [-0.1, -0.05) is 0 Å². The molecule has 2 heterocycles. The van der Waals surface area contributed by atoms with Crippen LogP contribution in [0.4, 0.5) is 11.5 Å². The van der Waals surface area contributed by atoms with Crippen molar-refractivity contribution < 1.29 is 0 Å². The molecule has 0 saturated carbocycles. The number of likely N-dealkylation sites (N-methyl/N-ethyl adjacent to an activating group) is 1. The second-order valence-corrected chi connectivity index (χ2v) is 4.17. The largest absolute Gasteiger partial charge is 0.397 e. The van der Waals surface area contributed by atoms with Crippen molar-refractivity contribution in [3.05, 3.63) is 17.8 Å². The molecule has 1 aromatic rings. The molecular weight excluding hydrogens is 202 g/mol. The van der Waals surface area contributed by atoms with E-state index < -0.39 is 0 Å². The third-order valence-corrected chi connectivity index (χ3v) is 2.76. The van der Waals surface area contributed by atoms with Crippen LogP contribution in [0, 0.1) is 11.3 Å². The van der Waals surface area contributed by atoms with Crippen molar-refractivity contribution in [1.29, 1.82) is 5.26 Å². The summed E-state index contributed by atoms with van der Waals surface area (Å²) in [5.74, 6) is 0.636. The molecule has 16 heavy (non-hydrogen) atoms. The summed E-state index contributed by atoms with van der Waals surface area (Å²) in [5, 5.41) is 12.3. The first-order chi connectivity index (χ1) is 7.69. The number of rotatable bonds is 2. The summed E-state index contributed by atoms with van der Waals surface area (Å²) in [4.78, 5) is 6.41. The summed E-state index contributed by atoms with van der Waals surface area (Å²) in [6.07, 6.45) is 2.65. The molecule has 1 aromatic heterocycles. The van der Waals surface area contributed by atoms with E-state index in [4.69, 9.17) is 11.0 Å². The molecule has 0 radical (unpaired) electrons. The molecule has 3 N–H and O–H groups in total. The van der Waals surface area contributed by atoms with Gasteiger partial charge in [0, 0.05) is 12.6 Å². The highest BCUT2D eigenvalue weighted by Gasteiger charge is 2.20. The topological polar surface area (TPSA) is 78.0 Å². The van der Waals surface area contributed by atoms with E-state index in [0.717, 1.165) is 19.5 Å². The summed E-state index contributed by atoms with van der Waals surface area (Å²) in [5.41, 5.74) is 6.61. The molecule has 1 atom stereocenters. The van der Waals surface area contributed by atoms with Gasteiger partial charge in [0.1, 0.15) is 11.9 Å². The van der Waals surface area contributed by atoms with E-state index in [-0.39, 0.29) is 0 Å². The van der Waals surface area contributed by atoms with Crippen LogP contribution >= 0.6 is 0 Å². The van der Waals surface area contributed by atoms with Gasteiger partial charge in [0.15, 0.2) is 0 Å². The molecule has 1 unspecified atom stereocenters. The normalized spacial score (nSPS) is 20.6. The fraction of sp³-hybridized carbons (Fsp3) is 0.455. The third kappa shape index (κ3) is 2.23. The summed E-state index contributed by atoms with van der Waals surface area (Å²) >= 11 is 0. The second-order valence-electron chi connectivity index (χ2n) is 4.17. The Morgan fingerprint density at radius 2 is 2.50 bits per heavy atom. The molecule has 1 aliphatic heterocycles. The molecule has 84 valence electrons. The number of nitrogens with zero attached hydrogens (tertiary/aromatic N) is 3. The van der Waals surface area contributed by atoms with Gasteiger partial charge in [-0.15, -0.1) is 0 Å². The SMILES string of the molecule is CN1CCC(Nc2ncc(N)cc2C#N)C1. The fourth-order valence-corrected chi connectivity index (χ4v) is 1.93. The predicted octanol–water partition coefficient (Wildman–Crippen LogP) is 0.651. The first-order valence-electron chi connectivity index (χ1n) is 5.29. The number of hydrogen-bond acceptors (Lipinski definition) is 5. The minimum atomic E-state index is 0.369. The van der Waals surface area contributed by atoms with Crippen molar-refractivity contribution >= 4 is 11.5 Å². The molecule has 0 aromatic carbocycles. The Morgan fingerprint density at radius 1 is 1.69 bits per heavy atom. The third-order valence-electron chi connectivity index (χ3n) is 2.76. The quantitative estimate of drug-likeness (QED) is 0.760. The Hall–Kier alpha value is -1.80. The first-order valence-corrected chi connectivity index (χ1v) is 5.29. The van der Waals surface area contributed by atoms with Crippen molar-refractivity contribution in [2.24, 2.45) is 0 Å². The van der Waals surface area contributed by atoms with Crippen molar-refractivity contribution in [3.63, 3.8) is 0 Å². The number of pyridine rings is 1. The number of hydrogen-bond donors (Lipinski definition) is 2. The van der Waals surface area contributed by atoms with E-state index in [1.165, 1.54) is 0 Å². The van der Waals surface area contributed by atoms with Crippen LogP contribution in [-0.4, -0.2) is 36.1 Å². The van der Waals surface area contributed by atoms with Gasteiger partial charge in [0.05, 0.1) is 17.4 Å². The molecule has 1 saturated heterocycles. The summed E-state index contributed by atoms with van der Waals surface area (Å²) in [6.45, 7) is 2.06. The highest BCUT2D eigenvalue weighted by Crippen LogP contribution is 2.18. The molecule has 1 aliphatic rings. The highest BCUT2D eigenvalue weighted by molar-refractivity contribution is 5.57. The van der Waals surface area contributed by atoms with Crippen LogP contribution < -0.4 is 11.1 Å².